The molecule has 0 unspecified atom stereocenters. The number of aliphatic hydroxyl groups excluding tert-OH is 1. The Kier molecular flexibility index (Phi) is 5.36. The predicted molar refractivity (Wildman–Crippen MR) is 78.3 cm³/mol. The molecule has 3 fully saturated rings. The van der Waals surface area contributed by atoms with Gasteiger partial charge in [0.05, 0.1) is 19.3 Å². The molecule has 1 N–H and O–H groups in total. The van der Waals surface area contributed by atoms with Crippen LogP contribution < -0.4 is 0 Å². The molecule has 1 aliphatic heterocycles. The van der Waals surface area contributed by atoms with Crippen LogP contribution in [0.4, 0.5) is 0 Å². The van der Waals surface area contributed by atoms with Gasteiger partial charge in [-0.3, -0.25) is 0 Å². The zero-order valence-electron chi connectivity index (χ0n) is 12.6. The minimum Gasteiger partial charge on any atom is -0.393 e. The number of hydrogen-bond donors (Lipinski definition) is 1. The van der Waals surface area contributed by atoms with Crippen molar-refractivity contribution in [2.75, 3.05) is 13.2 Å². The maximum atomic E-state index is 9.62. The van der Waals surface area contributed by atoms with Crippen LogP contribution in [0.5, 0.6) is 0 Å². The van der Waals surface area contributed by atoms with E-state index in [4.69, 9.17) is 9.47 Å². The van der Waals surface area contributed by atoms with E-state index in [1.54, 1.807) is 0 Å². The predicted octanol–water partition coefficient (Wildman–Crippen LogP) is 3.50. The van der Waals surface area contributed by atoms with E-state index in [1.807, 2.05) is 0 Å². The van der Waals surface area contributed by atoms with Gasteiger partial charge < -0.3 is 14.6 Å². The summed E-state index contributed by atoms with van der Waals surface area (Å²) < 4.78 is 11.0. The van der Waals surface area contributed by atoms with E-state index in [1.165, 1.54) is 44.9 Å². The van der Waals surface area contributed by atoms with Crippen LogP contribution in [0.25, 0.3) is 0 Å². The molecule has 0 radical (unpaired) electrons. The molecule has 1 saturated heterocycles. The highest BCUT2D eigenvalue weighted by atomic mass is 16.7. The number of aliphatic hydroxyl groups is 1. The molecule has 0 atom stereocenters. The molecule has 3 aliphatic rings. The van der Waals surface area contributed by atoms with Crippen molar-refractivity contribution in [3.05, 3.63) is 0 Å². The van der Waals surface area contributed by atoms with E-state index in [9.17, 15) is 5.11 Å². The van der Waals surface area contributed by atoms with Crippen molar-refractivity contribution in [3.63, 3.8) is 0 Å². The Bertz CT molecular complexity index is 272. The molecule has 0 bridgehead atoms. The quantitative estimate of drug-likeness (QED) is 0.857. The summed E-state index contributed by atoms with van der Waals surface area (Å²) in [5.74, 6) is 2.74. The van der Waals surface area contributed by atoms with Gasteiger partial charge in [0, 0.05) is 0 Å². The van der Waals surface area contributed by atoms with E-state index < -0.39 is 0 Å². The molecule has 2 saturated carbocycles. The number of rotatable bonds is 4. The summed E-state index contributed by atoms with van der Waals surface area (Å²) >= 11 is 0. The molecule has 20 heavy (non-hydrogen) atoms. The normalized spacial score (nSPS) is 40.0. The summed E-state index contributed by atoms with van der Waals surface area (Å²) in [5.41, 5.74) is 0. The minimum atomic E-state index is -0.00555. The Morgan fingerprint density at radius 3 is 1.85 bits per heavy atom. The maximum Gasteiger partial charge on any atom is 0.157 e. The first-order chi connectivity index (χ1) is 9.81. The molecule has 0 aromatic rings. The van der Waals surface area contributed by atoms with E-state index in [0.717, 1.165) is 50.2 Å². The second kappa shape index (κ2) is 7.24. The van der Waals surface area contributed by atoms with E-state index in [2.05, 4.69) is 0 Å². The van der Waals surface area contributed by atoms with Gasteiger partial charge in [-0.25, -0.2) is 0 Å². The molecule has 3 rings (SSSR count). The summed E-state index contributed by atoms with van der Waals surface area (Å²) in [6, 6.07) is 0. The highest BCUT2D eigenvalue weighted by Crippen LogP contribution is 2.41. The van der Waals surface area contributed by atoms with Gasteiger partial charge in [-0.15, -0.1) is 0 Å². The first-order valence-electron chi connectivity index (χ1n) is 8.72. The lowest BCUT2D eigenvalue weighted by Gasteiger charge is -2.37. The van der Waals surface area contributed by atoms with Gasteiger partial charge in [0.2, 0.25) is 0 Å². The Balaban J connectivity index is 1.34. The third-order valence-electron chi connectivity index (χ3n) is 5.80. The molecule has 1 heterocycles. The fourth-order valence-electron chi connectivity index (χ4n) is 4.47. The van der Waals surface area contributed by atoms with Crippen molar-refractivity contribution in [2.24, 2.45) is 17.8 Å². The van der Waals surface area contributed by atoms with Gasteiger partial charge in [0.25, 0.3) is 0 Å². The van der Waals surface area contributed by atoms with Gasteiger partial charge in [0.15, 0.2) is 6.29 Å². The molecule has 3 nitrogen and oxygen atoms in total. The average molecular weight is 282 g/mol. The summed E-state index contributed by atoms with van der Waals surface area (Å²) in [6.45, 7) is 1.57. The topological polar surface area (TPSA) is 38.7 Å². The van der Waals surface area contributed by atoms with Gasteiger partial charge in [-0.1, -0.05) is 12.8 Å². The lowest BCUT2D eigenvalue weighted by atomic mass is 9.70. The molecule has 0 amide bonds. The smallest absolute Gasteiger partial charge is 0.157 e. The van der Waals surface area contributed by atoms with Crippen LogP contribution in [0.2, 0.25) is 0 Å². The largest absolute Gasteiger partial charge is 0.393 e. The first kappa shape index (κ1) is 14.8. The van der Waals surface area contributed by atoms with E-state index >= 15 is 0 Å². The molecule has 2 aliphatic carbocycles. The van der Waals surface area contributed by atoms with Crippen LogP contribution in [0, 0.1) is 17.8 Å². The second-order valence-corrected chi connectivity index (χ2v) is 7.10. The summed E-state index contributed by atoms with van der Waals surface area (Å²) in [4.78, 5) is 0. The molecule has 0 spiro atoms. The highest BCUT2D eigenvalue weighted by Gasteiger charge is 2.30. The van der Waals surface area contributed by atoms with Gasteiger partial charge >= 0.3 is 0 Å². The van der Waals surface area contributed by atoms with Crippen LogP contribution in [-0.4, -0.2) is 30.7 Å². The van der Waals surface area contributed by atoms with Crippen LogP contribution in [0.1, 0.15) is 64.2 Å². The van der Waals surface area contributed by atoms with E-state index in [-0.39, 0.29) is 12.4 Å². The second-order valence-electron chi connectivity index (χ2n) is 7.10. The van der Waals surface area contributed by atoms with Gasteiger partial charge in [-0.2, -0.15) is 0 Å². The Morgan fingerprint density at radius 2 is 1.25 bits per heavy atom. The van der Waals surface area contributed by atoms with Gasteiger partial charge in [-0.05, 0) is 69.1 Å². The summed E-state index contributed by atoms with van der Waals surface area (Å²) in [5, 5.41) is 9.62. The lowest BCUT2D eigenvalue weighted by Crippen LogP contribution is -2.27. The third-order valence-corrected chi connectivity index (χ3v) is 5.80. The first-order valence-corrected chi connectivity index (χ1v) is 8.72. The number of ether oxygens (including phenoxy) is 2. The summed E-state index contributed by atoms with van der Waals surface area (Å²) in [7, 11) is 0. The molecule has 116 valence electrons. The molecular formula is C17H30O3. The van der Waals surface area contributed by atoms with Crippen LogP contribution in [-0.2, 0) is 9.47 Å². The monoisotopic (exact) mass is 282 g/mol. The highest BCUT2D eigenvalue weighted by molar-refractivity contribution is 4.82. The maximum absolute atomic E-state index is 9.62. The Hall–Kier alpha value is -0.120. The third kappa shape index (κ3) is 3.96. The van der Waals surface area contributed by atoms with Crippen molar-refractivity contribution >= 4 is 0 Å². The SMILES string of the molecule is OC1CCC(C2CCC(CCC3OCCO3)CC2)CC1. The van der Waals surface area contributed by atoms with Crippen molar-refractivity contribution in [1.29, 1.82) is 0 Å². The fraction of sp³-hybridized carbons (Fsp3) is 1.00. The molecule has 0 aromatic carbocycles. The summed E-state index contributed by atoms with van der Waals surface area (Å²) in [6.07, 6.45) is 12.7. The molecular weight excluding hydrogens is 252 g/mol. The standard InChI is InChI=1S/C17H30O3/c18-16-8-6-15(7-9-16)14-4-1-13(2-5-14)3-10-17-19-11-12-20-17/h13-18H,1-12H2. The molecule has 3 heteroatoms. The zero-order chi connectivity index (χ0) is 13.8. The zero-order valence-corrected chi connectivity index (χ0v) is 12.6. The van der Waals surface area contributed by atoms with Crippen LogP contribution in [0.3, 0.4) is 0 Å². The van der Waals surface area contributed by atoms with Crippen molar-refractivity contribution in [3.8, 4) is 0 Å². The van der Waals surface area contributed by atoms with Crippen molar-refractivity contribution in [1.82, 2.24) is 0 Å². The lowest BCUT2D eigenvalue weighted by molar-refractivity contribution is -0.0514. The minimum absolute atomic E-state index is 0.00555. The fourth-order valence-corrected chi connectivity index (χ4v) is 4.47. The van der Waals surface area contributed by atoms with Crippen molar-refractivity contribution in [2.45, 2.75) is 76.6 Å². The van der Waals surface area contributed by atoms with E-state index in [0.29, 0.717) is 0 Å². The van der Waals surface area contributed by atoms with Gasteiger partial charge in [0.1, 0.15) is 0 Å². The average Bonchev–Trinajstić information content (AvgIpc) is 3.00. The Labute approximate surface area is 123 Å². The number of hydrogen-bond acceptors (Lipinski definition) is 3. The van der Waals surface area contributed by atoms with Crippen LogP contribution >= 0.6 is 0 Å². The van der Waals surface area contributed by atoms with Crippen molar-refractivity contribution < 1.29 is 14.6 Å². The van der Waals surface area contributed by atoms with Crippen LogP contribution in [0.15, 0.2) is 0 Å². The Morgan fingerprint density at radius 1 is 0.700 bits per heavy atom. The molecule has 0 aromatic heterocycles.